The predicted molar refractivity (Wildman–Crippen MR) is 73.1 cm³/mol. The fourth-order valence-electron chi connectivity index (χ4n) is 1.36. The van der Waals surface area contributed by atoms with E-state index in [4.69, 9.17) is 4.74 Å². The van der Waals surface area contributed by atoms with Crippen LogP contribution >= 0.6 is 15.9 Å². The smallest absolute Gasteiger partial charge is 0.258 e. The molecule has 0 aromatic carbocycles. The van der Waals surface area contributed by atoms with Crippen molar-refractivity contribution in [2.75, 3.05) is 11.9 Å². The Kier molecular flexibility index (Phi) is 4.40. The molecule has 0 spiro atoms. The molecule has 0 atom stereocenters. The molecular formula is C12H11BrN4O2. The van der Waals surface area contributed by atoms with Gasteiger partial charge >= 0.3 is 0 Å². The first-order chi connectivity index (χ1) is 9.19. The maximum Gasteiger partial charge on any atom is 0.258 e. The second-order valence-corrected chi connectivity index (χ2v) is 4.44. The van der Waals surface area contributed by atoms with Gasteiger partial charge in [-0.3, -0.25) is 9.78 Å². The summed E-state index contributed by atoms with van der Waals surface area (Å²) < 4.78 is 5.96. The normalized spacial score (nSPS) is 10.0. The van der Waals surface area contributed by atoms with Crippen LogP contribution < -0.4 is 10.1 Å². The summed E-state index contributed by atoms with van der Waals surface area (Å²) in [5.41, 5.74) is 0.436. The van der Waals surface area contributed by atoms with E-state index in [2.05, 4.69) is 36.2 Å². The third kappa shape index (κ3) is 3.72. The zero-order valence-electron chi connectivity index (χ0n) is 10.1. The third-order valence-electron chi connectivity index (χ3n) is 2.14. The number of amides is 1. The number of anilines is 1. The molecule has 19 heavy (non-hydrogen) atoms. The number of rotatable bonds is 4. The number of carbonyl (C=O) groups is 1. The molecule has 0 radical (unpaired) electrons. The molecule has 0 saturated carbocycles. The van der Waals surface area contributed by atoms with E-state index in [0.717, 1.165) is 4.47 Å². The molecule has 0 bridgehead atoms. The van der Waals surface area contributed by atoms with E-state index >= 15 is 0 Å². The highest BCUT2D eigenvalue weighted by Gasteiger charge is 2.08. The van der Waals surface area contributed by atoms with Crippen LogP contribution in [-0.2, 0) is 0 Å². The number of hydrogen-bond acceptors (Lipinski definition) is 5. The van der Waals surface area contributed by atoms with E-state index in [1.807, 2.05) is 6.92 Å². The first kappa shape index (κ1) is 13.4. The van der Waals surface area contributed by atoms with E-state index in [9.17, 15) is 4.79 Å². The van der Waals surface area contributed by atoms with Crippen molar-refractivity contribution in [1.82, 2.24) is 15.0 Å². The van der Waals surface area contributed by atoms with Crippen molar-refractivity contribution in [1.29, 1.82) is 0 Å². The van der Waals surface area contributed by atoms with E-state index < -0.39 is 0 Å². The van der Waals surface area contributed by atoms with Crippen molar-refractivity contribution < 1.29 is 9.53 Å². The van der Waals surface area contributed by atoms with Gasteiger partial charge in [0.1, 0.15) is 12.1 Å². The molecule has 0 fully saturated rings. The SMILES string of the molecule is CCOc1cc(NC(=O)c2cncc(Br)c2)ncn1. The standard InChI is InChI=1S/C12H11BrN4O2/c1-2-19-11-4-10(15-7-16-11)17-12(18)8-3-9(13)6-14-5-8/h3-7H,2H2,1H3,(H,15,16,17,18). The molecule has 1 amide bonds. The Balaban J connectivity index is 2.12. The fraction of sp³-hybridized carbons (Fsp3) is 0.167. The van der Waals surface area contributed by atoms with Gasteiger partial charge < -0.3 is 10.1 Å². The topological polar surface area (TPSA) is 77.0 Å². The van der Waals surface area contributed by atoms with Crippen LogP contribution in [0.5, 0.6) is 5.88 Å². The van der Waals surface area contributed by atoms with Gasteiger partial charge in [-0.2, -0.15) is 0 Å². The number of aromatic nitrogens is 3. The predicted octanol–water partition coefficient (Wildman–Crippen LogP) is 2.29. The molecule has 98 valence electrons. The van der Waals surface area contributed by atoms with E-state index in [0.29, 0.717) is 23.9 Å². The van der Waals surface area contributed by atoms with Gasteiger partial charge in [0.05, 0.1) is 12.2 Å². The molecule has 6 nitrogen and oxygen atoms in total. The summed E-state index contributed by atoms with van der Waals surface area (Å²) in [7, 11) is 0. The first-order valence-electron chi connectivity index (χ1n) is 5.56. The highest BCUT2D eigenvalue weighted by Crippen LogP contribution is 2.14. The minimum absolute atomic E-state index is 0.296. The molecule has 2 aromatic heterocycles. The Morgan fingerprint density at radius 3 is 2.95 bits per heavy atom. The summed E-state index contributed by atoms with van der Waals surface area (Å²) in [6, 6.07) is 3.24. The number of hydrogen-bond donors (Lipinski definition) is 1. The maximum absolute atomic E-state index is 12.0. The molecule has 2 rings (SSSR count). The molecule has 0 aliphatic rings. The van der Waals surface area contributed by atoms with E-state index in [1.54, 1.807) is 18.3 Å². The van der Waals surface area contributed by atoms with Gasteiger partial charge in [0, 0.05) is 22.9 Å². The van der Waals surface area contributed by atoms with Crippen LogP contribution in [0.2, 0.25) is 0 Å². The van der Waals surface area contributed by atoms with Crippen LogP contribution in [-0.4, -0.2) is 27.5 Å². The highest BCUT2D eigenvalue weighted by atomic mass is 79.9. The third-order valence-corrected chi connectivity index (χ3v) is 2.58. The van der Waals surface area contributed by atoms with Crippen molar-refractivity contribution in [3.63, 3.8) is 0 Å². The monoisotopic (exact) mass is 322 g/mol. The first-order valence-corrected chi connectivity index (χ1v) is 6.35. The van der Waals surface area contributed by atoms with Gasteiger partial charge in [-0.1, -0.05) is 0 Å². The lowest BCUT2D eigenvalue weighted by atomic mass is 10.3. The molecule has 0 saturated heterocycles. The van der Waals surface area contributed by atoms with Crippen LogP contribution in [0.1, 0.15) is 17.3 Å². The number of nitrogens with one attached hydrogen (secondary N) is 1. The van der Waals surface area contributed by atoms with Crippen molar-refractivity contribution in [2.45, 2.75) is 6.92 Å². The van der Waals surface area contributed by atoms with Crippen molar-refractivity contribution >= 4 is 27.7 Å². The summed E-state index contributed by atoms with van der Waals surface area (Å²) in [6.45, 7) is 2.35. The average molecular weight is 323 g/mol. The largest absolute Gasteiger partial charge is 0.478 e. The number of carbonyl (C=O) groups excluding carboxylic acids is 1. The minimum Gasteiger partial charge on any atom is -0.478 e. The molecule has 0 aliphatic carbocycles. The van der Waals surface area contributed by atoms with Gasteiger partial charge in [0.15, 0.2) is 0 Å². The van der Waals surface area contributed by atoms with Crippen LogP contribution in [0.25, 0.3) is 0 Å². The second kappa shape index (κ2) is 6.24. The molecule has 0 aliphatic heterocycles. The zero-order valence-corrected chi connectivity index (χ0v) is 11.7. The number of halogens is 1. The average Bonchev–Trinajstić information content (AvgIpc) is 2.39. The summed E-state index contributed by atoms with van der Waals surface area (Å²) >= 11 is 3.26. The molecule has 7 heteroatoms. The second-order valence-electron chi connectivity index (χ2n) is 3.52. The summed E-state index contributed by atoms with van der Waals surface area (Å²) in [5.74, 6) is 0.499. The van der Waals surface area contributed by atoms with Gasteiger partial charge in [-0.15, -0.1) is 0 Å². The van der Waals surface area contributed by atoms with Crippen LogP contribution in [0.15, 0.2) is 35.3 Å². The molecular weight excluding hydrogens is 312 g/mol. The Morgan fingerprint density at radius 1 is 1.37 bits per heavy atom. The Morgan fingerprint density at radius 2 is 2.21 bits per heavy atom. The lowest BCUT2D eigenvalue weighted by molar-refractivity contribution is 0.102. The summed E-state index contributed by atoms with van der Waals surface area (Å²) in [6.07, 6.45) is 4.42. The lowest BCUT2D eigenvalue weighted by Gasteiger charge is -2.06. The number of pyridine rings is 1. The van der Waals surface area contributed by atoms with Crippen LogP contribution in [0.3, 0.4) is 0 Å². The van der Waals surface area contributed by atoms with Crippen molar-refractivity contribution in [2.24, 2.45) is 0 Å². The summed E-state index contributed by atoms with van der Waals surface area (Å²) in [5, 5.41) is 2.65. The quantitative estimate of drug-likeness (QED) is 0.934. The number of ether oxygens (including phenoxy) is 1. The molecule has 0 unspecified atom stereocenters. The minimum atomic E-state index is -0.296. The molecule has 2 aromatic rings. The van der Waals surface area contributed by atoms with Crippen LogP contribution in [0, 0.1) is 0 Å². The number of nitrogens with zero attached hydrogens (tertiary/aromatic N) is 3. The van der Waals surface area contributed by atoms with Crippen LogP contribution in [0.4, 0.5) is 5.82 Å². The lowest BCUT2D eigenvalue weighted by Crippen LogP contribution is -2.13. The summed E-state index contributed by atoms with van der Waals surface area (Å²) in [4.78, 5) is 23.8. The molecule has 1 N–H and O–H groups in total. The van der Waals surface area contributed by atoms with Crippen molar-refractivity contribution in [3.05, 3.63) is 40.9 Å². The zero-order chi connectivity index (χ0) is 13.7. The maximum atomic E-state index is 12.0. The van der Waals surface area contributed by atoms with Gasteiger partial charge in [-0.05, 0) is 28.9 Å². The van der Waals surface area contributed by atoms with Gasteiger partial charge in [0.25, 0.3) is 5.91 Å². The van der Waals surface area contributed by atoms with Gasteiger partial charge in [0.2, 0.25) is 5.88 Å². The fourth-order valence-corrected chi connectivity index (χ4v) is 1.72. The molecule has 2 heterocycles. The van der Waals surface area contributed by atoms with Crippen molar-refractivity contribution in [3.8, 4) is 5.88 Å². The van der Waals surface area contributed by atoms with Gasteiger partial charge in [-0.25, -0.2) is 9.97 Å². The Bertz CT molecular complexity index is 591. The Hall–Kier alpha value is -2.02. The highest BCUT2D eigenvalue weighted by molar-refractivity contribution is 9.10. The van der Waals surface area contributed by atoms with E-state index in [-0.39, 0.29) is 5.91 Å². The Labute approximate surface area is 118 Å². The van der Waals surface area contributed by atoms with E-state index in [1.165, 1.54) is 12.5 Å².